The minimum atomic E-state index is -0.328. The van der Waals surface area contributed by atoms with Gasteiger partial charge in [0.2, 0.25) is 0 Å². The van der Waals surface area contributed by atoms with Gasteiger partial charge in [-0.05, 0) is 93.7 Å². The van der Waals surface area contributed by atoms with Crippen LogP contribution in [0.15, 0.2) is 211 Å². The molecule has 0 bridgehead atoms. The van der Waals surface area contributed by atoms with E-state index in [0.717, 1.165) is 55.5 Å². The summed E-state index contributed by atoms with van der Waals surface area (Å²) in [7, 11) is 0. The van der Waals surface area contributed by atoms with Crippen molar-refractivity contribution in [2.75, 3.05) is 4.90 Å². The third-order valence-corrected chi connectivity index (χ3v) is 12.0. The van der Waals surface area contributed by atoms with E-state index in [9.17, 15) is 0 Å². The molecule has 1 aliphatic rings. The predicted octanol–water partition coefficient (Wildman–Crippen LogP) is 14.9. The summed E-state index contributed by atoms with van der Waals surface area (Å²) in [6.45, 7) is 2.39. The van der Waals surface area contributed by atoms with Crippen LogP contribution in [-0.4, -0.2) is 0 Å². The first-order chi connectivity index (χ1) is 27.7. The fourth-order valence-corrected chi connectivity index (χ4v) is 9.22. The van der Waals surface area contributed by atoms with E-state index in [1.807, 2.05) is 0 Å². The van der Waals surface area contributed by atoms with Crippen molar-refractivity contribution in [1.29, 1.82) is 0 Å². The largest absolute Gasteiger partial charge is 0.455 e. The minimum Gasteiger partial charge on any atom is -0.455 e. The van der Waals surface area contributed by atoms with Gasteiger partial charge in [0, 0.05) is 38.4 Å². The van der Waals surface area contributed by atoms with Gasteiger partial charge in [-0.3, -0.25) is 0 Å². The van der Waals surface area contributed by atoms with E-state index in [1.165, 1.54) is 44.3 Å². The number of benzene rings is 9. The lowest BCUT2D eigenvalue weighted by Crippen LogP contribution is -2.23. The third kappa shape index (κ3) is 4.89. The van der Waals surface area contributed by atoms with Crippen molar-refractivity contribution in [3.8, 4) is 33.4 Å². The molecule has 1 atom stereocenters. The van der Waals surface area contributed by atoms with Gasteiger partial charge in [0.1, 0.15) is 11.2 Å². The molecule has 0 saturated heterocycles. The maximum Gasteiger partial charge on any atom is 0.143 e. The molecule has 1 aliphatic carbocycles. The standard InChI is InChI=1S/C54H37NO/c1-54(39-19-6-3-7-20-39)48-25-13-10-24-44(48)45-32-30-40(35-49(45)54)55(50-26-14-11-21-41(50)36-16-4-2-5-17-36)51-27-15-12-22-42(51)38-29-33-52-47(34-38)46-31-28-37-18-8-9-23-43(37)53(46)56-52/h2-35H,1H3. The second-order valence-electron chi connectivity index (χ2n) is 15.0. The number of para-hydroxylation sites is 2. The van der Waals surface area contributed by atoms with E-state index >= 15 is 0 Å². The highest BCUT2D eigenvalue weighted by Gasteiger charge is 2.41. The molecule has 1 heterocycles. The van der Waals surface area contributed by atoms with E-state index in [-0.39, 0.29) is 5.41 Å². The molecule has 0 fully saturated rings. The molecule has 0 N–H and O–H groups in total. The molecule has 1 unspecified atom stereocenters. The van der Waals surface area contributed by atoms with E-state index in [1.54, 1.807) is 0 Å². The molecule has 0 aliphatic heterocycles. The van der Waals surface area contributed by atoms with Crippen LogP contribution in [-0.2, 0) is 5.41 Å². The van der Waals surface area contributed by atoms with Crippen LogP contribution in [0.3, 0.4) is 0 Å². The van der Waals surface area contributed by atoms with E-state index < -0.39 is 0 Å². The fraction of sp³-hybridized carbons (Fsp3) is 0.0370. The Hall–Kier alpha value is -7.16. The van der Waals surface area contributed by atoms with Gasteiger partial charge in [-0.15, -0.1) is 0 Å². The summed E-state index contributed by atoms with van der Waals surface area (Å²) >= 11 is 0. The van der Waals surface area contributed by atoms with Gasteiger partial charge < -0.3 is 9.32 Å². The smallest absolute Gasteiger partial charge is 0.143 e. The van der Waals surface area contributed by atoms with Crippen LogP contribution in [0.5, 0.6) is 0 Å². The zero-order valence-electron chi connectivity index (χ0n) is 31.0. The first-order valence-electron chi connectivity index (χ1n) is 19.3. The molecule has 0 saturated carbocycles. The van der Waals surface area contributed by atoms with Gasteiger partial charge in [0.15, 0.2) is 0 Å². The van der Waals surface area contributed by atoms with Crippen LogP contribution in [0, 0.1) is 0 Å². The molecule has 0 spiro atoms. The van der Waals surface area contributed by atoms with Crippen molar-refractivity contribution in [2.24, 2.45) is 0 Å². The molecule has 10 aromatic rings. The Morgan fingerprint density at radius 3 is 1.82 bits per heavy atom. The second-order valence-corrected chi connectivity index (χ2v) is 15.0. The Morgan fingerprint density at radius 1 is 0.411 bits per heavy atom. The molecule has 9 aromatic carbocycles. The lowest BCUT2D eigenvalue weighted by Gasteiger charge is -2.32. The number of anilines is 3. The fourth-order valence-electron chi connectivity index (χ4n) is 9.22. The highest BCUT2D eigenvalue weighted by Crippen LogP contribution is 2.55. The lowest BCUT2D eigenvalue weighted by molar-refractivity contribution is 0.672. The van der Waals surface area contributed by atoms with E-state index in [2.05, 4.69) is 218 Å². The van der Waals surface area contributed by atoms with Gasteiger partial charge in [-0.25, -0.2) is 0 Å². The van der Waals surface area contributed by atoms with Crippen molar-refractivity contribution in [1.82, 2.24) is 0 Å². The SMILES string of the molecule is CC1(c2ccccc2)c2ccccc2-c2ccc(N(c3ccccc3-c3ccccc3)c3ccccc3-c3ccc4oc5c6ccccc6ccc5c4c3)cc21. The Balaban J connectivity index is 1.15. The second kappa shape index (κ2) is 12.7. The van der Waals surface area contributed by atoms with Gasteiger partial charge in [0.05, 0.1) is 11.4 Å². The third-order valence-electron chi connectivity index (χ3n) is 12.0. The van der Waals surface area contributed by atoms with Gasteiger partial charge in [-0.1, -0.05) is 164 Å². The average Bonchev–Trinajstić information content (AvgIpc) is 3.78. The molecule has 2 nitrogen and oxygen atoms in total. The molecule has 0 radical (unpaired) electrons. The van der Waals surface area contributed by atoms with Crippen molar-refractivity contribution >= 4 is 49.8 Å². The summed E-state index contributed by atoms with van der Waals surface area (Å²) in [6, 6.07) is 74.8. The number of hydrogen-bond acceptors (Lipinski definition) is 2. The lowest BCUT2D eigenvalue weighted by atomic mass is 9.74. The van der Waals surface area contributed by atoms with Crippen LogP contribution in [0.25, 0.3) is 66.1 Å². The van der Waals surface area contributed by atoms with E-state index in [0.29, 0.717) is 0 Å². The summed E-state index contributed by atoms with van der Waals surface area (Å²) in [4.78, 5) is 2.47. The van der Waals surface area contributed by atoms with Crippen LogP contribution >= 0.6 is 0 Å². The normalized spacial score (nSPS) is 14.6. The maximum atomic E-state index is 6.55. The topological polar surface area (TPSA) is 16.4 Å². The molecular formula is C54H37NO. The average molecular weight is 716 g/mol. The monoisotopic (exact) mass is 715 g/mol. The molecule has 56 heavy (non-hydrogen) atoms. The molecule has 264 valence electrons. The highest BCUT2D eigenvalue weighted by atomic mass is 16.3. The summed E-state index contributed by atoms with van der Waals surface area (Å²) in [5, 5.41) is 4.55. The zero-order chi connectivity index (χ0) is 37.2. The quantitative estimate of drug-likeness (QED) is 0.170. The molecule has 0 amide bonds. The number of fused-ring (bicyclic) bond motifs is 8. The maximum absolute atomic E-state index is 6.55. The van der Waals surface area contributed by atoms with Crippen LogP contribution in [0.1, 0.15) is 23.6 Å². The van der Waals surface area contributed by atoms with Crippen LogP contribution in [0.2, 0.25) is 0 Å². The Labute approximate surface area is 326 Å². The minimum absolute atomic E-state index is 0.328. The van der Waals surface area contributed by atoms with Crippen molar-refractivity contribution in [2.45, 2.75) is 12.3 Å². The summed E-state index contributed by atoms with van der Waals surface area (Å²) in [5.74, 6) is 0. The molecule has 11 rings (SSSR count). The molecule has 1 aromatic heterocycles. The number of furan rings is 1. The molecular weight excluding hydrogens is 679 g/mol. The van der Waals surface area contributed by atoms with Gasteiger partial charge in [0.25, 0.3) is 0 Å². The van der Waals surface area contributed by atoms with Gasteiger partial charge >= 0.3 is 0 Å². The Bertz CT molecular complexity index is 3100. The summed E-state index contributed by atoms with van der Waals surface area (Å²) in [5.41, 5.74) is 15.9. The first-order valence-corrected chi connectivity index (χ1v) is 19.3. The van der Waals surface area contributed by atoms with Crippen molar-refractivity contribution in [3.63, 3.8) is 0 Å². The molecule has 2 heteroatoms. The van der Waals surface area contributed by atoms with E-state index in [4.69, 9.17) is 4.42 Å². The van der Waals surface area contributed by atoms with Crippen LogP contribution in [0.4, 0.5) is 17.1 Å². The number of nitrogens with zero attached hydrogens (tertiary/aromatic N) is 1. The summed E-state index contributed by atoms with van der Waals surface area (Å²) < 4.78 is 6.55. The van der Waals surface area contributed by atoms with Crippen LogP contribution < -0.4 is 4.90 Å². The van der Waals surface area contributed by atoms with Gasteiger partial charge in [-0.2, -0.15) is 0 Å². The highest BCUT2D eigenvalue weighted by molar-refractivity contribution is 6.15. The summed E-state index contributed by atoms with van der Waals surface area (Å²) in [6.07, 6.45) is 0. The predicted molar refractivity (Wildman–Crippen MR) is 234 cm³/mol. The Morgan fingerprint density at radius 2 is 1.04 bits per heavy atom. The number of rotatable bonds is 6. The van der Waals surface area contributed by atoms with Crippen molar-refractivity contribution in [3.05, 3.63) is 223 Å². The zero-order valence-corrected chi connectivity index (χ0v) is 31.0. The van der Waals surface area contributed by atoms with Crippen molar-refractivity contribution < 1.29 is 4.42 Å². The number of hydrogen-bond donors (Lipinski definition) is 0. The Kier molecular flexibility index (Phi) is 7.33. The first kappa shape index (κ1) is 32.3.